The SMILES string of the molecule is O=C(Cc1ccc(F)cc1)N1CCC(c2ccccc2)(N2CCOCC2)CC1. The van der Waals surface area contributed by atoms with E-state index in [-0.39, 0.29) is 17.3 Å². The van der Waals surface area contributed by atoms with Crippen molar-refractivity contribution >= 4 is 5.91 Å². The van der Waals surface area contributed by atoms with E-state index < -0.39 is 0 Å². The summed E-state index contributed by atoms with van der Waals surface area (Å²) >= 11 is 0. The van der Waals surface area contributed by atoms with E-state index in [0.29, 0.717) is 6.42 Å². The van der Waals surface area contributed by atoms with Gasteiger partial charge < -0.3 is 9.64 Å². The van der Waals surface area contributed by atoms with E-state index in [1.807, 2.05) is 4.90 Å². The monoisotopic (exact) mass is 382 g/mol. The van der Waals surface area contributed by atoms with Crippen molar-refractivity contribution in [2.45, 2.75) is 24.8 Å². The van der Waals surface area contributed by atoms with Crippen LogP contribution in [0.5, 0.6) is 0 Å². The second-order valence-electron chi connectivity index (χ2n) is 7.68. The van der Waals surface area contributed by atoms with E-state index >= 15 is 0 Å². The number of benzene rings is 2. The van der Waals surface area contributed by atoms with Crippen molar-refractivity contribution in [2.75, 3.05) is 39.4 Å². The topological polar surface area (TPSA) is 32.8 Å². The minimum Gasteiger partial charge on any atom is -0.379 e. The fourth-order valence-electron chi connectivity index (χ4n) is 4.54. The van der Waals surface area contributed by atoms with Crippen LogP contribution in [0.25, 0.3) is 0 Å². The van der Waals surface area contributed by atoms with Crippen molar-refractivity contribution in [2.24, 2.45) is 0 Å². The number of rotatable bonds is 4. The van der Waals surface area contributed by atoms with Gasteiger partial charge in [-0.25, -0.2) is 4.39 Å². The lowest BCUT2D eigenvalue weighted by molar-refractivity contribution is -0.134. The molecule has 148 valence electrons. The molecule has 2 saturated heterocycles. The minimum absolute atomic E-state index is 0.0301. The second-order valence-corrected chi connectivity index (χ2v) is 7.68. The molecule has 2 heterocycles. The molecule has 0 atom stereocenters. The molecule has 4 nitrogen and oxygen atoms in total. The number of ether oxygens (including phenoxy) is 1. The number of piperidine rings is 1. The van der Waals surface area contributed by atoms with E-state index in [1.165, 1.54) is 17.7 Å². The molecule has 0 N–H and O–H groups in total. The summed E-state index contributed by atoms with van der Waals surface area (Å²) in [5, 5.41) is 0. The van der Waals surface area contributed by atoms with Crippen LogP contribution < -0.4 is 0 Å². The van der Waals surface area contributed by atoms with Crippen LogP contribution in [0.2, 0.25) is 0 Å². The van der Waals surface area contributed by atoms with Crippen LogP contribution in [-0.4, -0.2) is 55.1 Å². The van der Waals surface area contributed by atoms with Gasteiger partial charge in [-0.1, -0.05) is 42.5 Å². The second kappa shape index (κ2) is 8.41. The highest BCUT2D eigenvalue weighted by Gasteiger charge is 2.42. The van der Waals surface area contributed by atoms with Crippen molar-refractivity contribution in [1.82, 2.24) is 9.80 Å². The smallest absolute Gasteiger partial charge is 0.226 e. The van der Waals surface area contributed by atoms with Crippen molar-refractivity contribution in [3.8, 4) is 0 Å². The van der Waals surface area contributed by atoms with Gasteiger partial charge in [-0.3, -0.25) is 9.69 Å². The quantitative estimate of drug-likeness (QED) is 0.814. The lowest BCUT2D eigenvalue weighted by atomic mass is 9.79. The Morgan fingerprint density at radius 3 is 2.21 bits per heavy atom. The molecule has 1 amide bonds. The van der Waals surface area contributed by atoms with Crippen molar-refractivity contribution in [3.63, 3.8) is 0 Å². The summed E-state index contributed by atoms with van der Waals surface area (Å²) in [6.45, 7) is 4.87. The predicted octanol–water partition coefficient (Wildman–Crippen LogP) is 3.22. The van der Waals surface area contributed by atoms with Gasteiger partial charge in [0.25, 0.3) is 0 Å². The largest absolute Gasteiger partial charge is 0.379 e. The fourth-order valence-corrected chi connectivity index (χ4v) is 4.54. The minimum atomic E-state index is -0.271. The van der Waals surface area contributed by atoms with Gasteiger partial charge in [0.2, 0.25) is 5.91 Å². The molecule has 0 saturated carbocycles. The molecule has 2 aromatic rings. The van der Waals surface area contributed by atoms with Crippen LogP contribution in [0.1, 0.15) is 24.0 Å². The number of likely N-dealkylation sites (tertiary alicyclic amines) is 1. The number of hydrogen-bond acceptors (Lipinski definition) is 3. The number of halogens is 1. The normalized spacial score (nSPS) is 20.1. The number of carbonyl (C=O) groups is 1. The number of carbonyl (C=O) groups excluding carboxylic acids is 1. The van der Waals surface area contributed by atoms with E-state index in [4.69, 9.17) is 4.74 Å². The molecule has 28 heavy (non-hydrogen) atoms. The lowest BCUT2D eigenvalue weighted by Crippen LogP contribution is -2.57. The summed E-state index contributed by atoms with van der Waals surface area (Å²) in [4.78, 5) is 17.3. The zero-order valence-electron chi connectivity index (χ0n) is 16.1. The molecular weight excluding hydrogens is 355 g/mol. The Balaban J connectivity index is 1.47. The Morgan fingerprint density at radius 1 is 0.929 bits per heavy atom. The molecular formula is C23H27FN2O2. The number of morpholine rings is 1. The third kappa shape index (κ3) is 3.96. The maximum atomic E-state index is 13.1. The predicted molar refractivity (Wildman–Crippen MR) is 106 cm³/mol. The van der Waals surface area contributed by atoms with Crippen LogP contribution >= 0.6 is 0 Å². The molecule has 0 aromatic heterocycles. The Kier molecular flexibility index (Phi) is 5.74. The Labute approximate surface area is 165 Å². The third-order valence-electron chi connectivity index (χ3n) is 6.14. The number of hydrogen-bond donors (Lipinski definition) is 0. The Morgan fingerprint density at radius 2 is 1.57 bits per heavy atom. The molecule has 2 aliphatic heterocycles. The van der Waals surface area contributed by atoms with Gasteiger partial charge >= 0.3 is 0 Å². The number of amides is 1. The fraction of sp³-hybridized carbons (Fsp3) is 0.435. The first-order chi connectivity index (χ1) is 13.7. The van der Waals surface area contributed by atoms with E-state index in [1.54, 1.807) is 12.1 Å². The van der Waals surface area contributed by atoms with Gasteiger partial charge in [0.15, 0.2) is 0 Å². The Bertz CT molecular complexity index is 780. The van der Waals surface area contributed by atoms with E-state index in [2.05, 4.69) is 35.2 Å². The standard InChI is InChI=1S/C23H27FN2O2/c24-21-8-6-19(7-9-21)18-22(27)25-12-10-23(11-13-25,20-4-2-1-3-5-20)26-14-16-28-17-15-26/h1-9H,10-18H2. The Hall–Kier alpha value is -2.24. The first kappa shape index (κ1) is 19.1. The highest BCUT2D eigenvalue weighted by atomic mass is 19.1. The van der Waals surface area contributed by atoms with E-state index in [0.717, 1.165) is 57.8 Å². The maximum Gasteiger partial charge on any atom is 0.226 e. The van der Waals surface area contributed by atoms with Crippen molar-refractivity contribution in [1.29, 1.82) is 0 Å². The summed E-state index contributed by atoms with van der Waals surface area (Å²) < 4.78 is 18.7. The molecule has 0 radical (unpaired) electrons. The van der Waals surface area contributed by atoms with Gasteiger partial charge in [-0.15, -0.1) is 0 Å². The maximum absolute atomic E-state index is 13.1. The average Bonchev–Trinajstić information content (AvgIpc) is 2.76. The van der Waals surface area contributed by atoms with E-state index in [9.17, 15) is 9.18 Å². The first-order valence-electron chi connectivity index (χ1n) is 10.1. The van der Waals surface area contributed by atoms with Crippen LogP contribution in [0.15, 0.2) is 54.6 Å². The zero-order valence-corrected chi connectivity index (χ0v) is 16.1. The molecule has 0 bridgehead atoms. The van der Waals surface area contributed by atoms with Crippen LogP contribution in [0, 0.1) is 5.82 Å². The summed E-state index contributed by atoms with van der Waals surface area (Å²) in [6.07, 6.45) is 2.18. The van der Waals surface area contributed by atoms with Crippen LogP contribution in [-0.2, 0) is 21.5 Å². The molecule has 5 heteroatoms. The molecule has 4 rings (SSSR count). The zero-order chi connectivity index (χ0) is 19.4. The van der Waals surface area contributed by atoms with Gasteiger partial charge in [0.05, 0.1) is 19.6 Å². The highest BCUT2D eigenvalue weighted by molar-refractivity contribution is 5.78. The van der Waals surface area contributed by atoms with Gasteiger partial charge in [0.1, 0.15) is 5.82 Å². The number of nitrogens with zero attached hydrogens (tertiary/aromatic N) is 2. The van der Waals surface area contributed by atoms with Crippen LogP contribution in [0.4, 0.5) is 4.39 Å². The highest BCUT2D eigenvalue weighted by Crippen LogP contribution is 2.39. The third-order valence-corrected chi connectivity index (χ3v) is 6.14. The average molecular weight is 382 g/mol. The summed E-state index contributed by atoms with van der Waals surface area (Å²) in [7, 11) is 0. The van der Waals surface area contributed by atoms with Gasteiger partial charge in [0, 0.05) is 31.7 Å². The molecule has 2 aliphatic rings. The van der Waals surface area contributed by atoms with Crippen molar-refractivity contribution < 1.29 is 13.9 Å². The molecule has 2 aromatic carbocycles. The molecule has 0 spiro atoms. The summed E-state index contributed by atoms with van der Waals surface area (Å²) in [6, 6.07) is 16.9. The first-order valence-corrected chi connectivity index (χ1v) is 10.1. The van der Waals surface area contributed by atoms with Crippen molar-refractivity contribution in [3.05, 3.63) is 71.5 Å². The summed E-state index contributed by atoms with van der Waals surface area (Å²) in [5.41, 5.74) is 2.17. The van der Waals surface area contributed by atoms with Gasteiger partial charge in [-0.05, 0) is 36.1 Å². The van der Waals surface area contributed by atoms with Gasteiger partial charge in [-0.2, -0.15) is 0 Å². The van der Waals surface area contributed by atoms with Crippen LogP contribution in [0.3, 0.4) is 0 Å². The molecule has 0 aliphatic carbocycles. The molecule has 2 fully saturated rings. The molecule has 0 unspecified atom stereocenters. The lowest BCUT2D eigenvalue weighted by Gasteiger charge is -2.50. The summed E-state index contributed by atoms with van der Waals surface area (Å²) in [5.74, 6) is -0.150.